The molecule has 1 N–H and O–H groups in total. The van der Waals surface area contributed by atoms with E-state index in [-0.39, 0.29) is 49.2 Å². The Morgan fingerprint density at radius 2 is 1.57 bits per heavy atom. The predicted octanol–water partition coefficient (Wildman–Crippen LogP) is 2.36. The lowest BCUT2D eigenvalue weighted by Gasteiger charge is -2.36. The number of sulfone groups is 1. The van der Waals surface area contributed by atoms with Crippen molar-refractivity contribution in [3.05, 3.63) is 54.1 Å². The third-order valence-corrected chi connectivity index (χ3v) is 10.7. The largest absolute Gasteiger partial charge is 0.417 e. The number of nitrogens with zero attached hydrogens (tertiary/aromatic N) is 3. The summed E-state index contributed by atoms with van der Waals surface area (Å²) >= 11 is 0. The van der Waals surface area contributed by atoms with E-state index in [9.17, 15) is 39.6 Å². The lowest BCUT2D eigenvalue weighted by Crippen LogP contribution is -2.53. The maximum absolute atomic E-state index is 13.8. The van der Waals surface area contributed by atoms with Crippen LogP contribution in [0, 0.1) is 0 Å². The third kappa shape index (κ3) is 6.96. The predicted molar refractivity (Wildman–Crippen MR) is 147 cm³/mol. The number of rotatable bonds is 8. The van der Waals surface area contributed by atoms with Gasteiger partial charge < -0.3 is 14.7 Å². The summed E-state index contributed by atoms with van der Waals surface area (Å²) in [4.78, 5) is 28.7. The second-order valence-corrected chi connectivity index (χ2v) is 14.3. The lowest BCUT2D eigenvalue weighted by atomic mass is 10.0. The molecule has 0 aromatic heterocycles. The van der Waals surface area contributed by atoms with E-state index in [2.05, 4.69) is 4.72 Å². The maximum atomic E-state index is 13.8. The molecule has 0 saturated carbocycles. The Labute approximate surface area is 243 Å². The fraction of sp³-hybridized carbons (Fsp3) is 0.481. The van der Waals surface area contributed by atoms with Crippen LogP contribution in [0.25, 0.3) is 0 Å². The van der Waals surface area contributed by atoms with Crippen LogP contribution >= 0.6 is 0 Å². The van der Waals surface area contributed by atoms with Gasteiger partial charge in [0, 0.05) is 25.7 Å². The lowest BCUT2D eigenvalue weighted by molar-refractivity contribution is -0.144. The maximum Gasteiger partial charge on any atom is 0.417 e. The van der Waals surface area contributed by atoms with E-state index in [1.807, 2.05) is 0 Å². The summed E-state index contributed by atoms with van der Waals surface area (Å²) in [5, 5.41) is 0. The number of hydrogen-bond acceptors (Lipinski definition) is 7. The molecule has 2 amide bonds. The molecule has 0 spiro atoms. The van der Waals surface area contributed by atoms with Crippen molar-refractivity contribution in [2.75, 3.05) is 40.3 Å². The highest BCUT2D eigenvalue weighted by Gasteiger charge is 2.41. The molecule has 15 heteroatoms. The zero-order chi connectivity index (χ0) is 30.9. The molecule has 42 heavy (non-hydrogen) atoms. The fourth-order valence-electron chi connectivity index (χ4n) is 5.26. The number of benzene rings is 2. The Balaban J connectivity index is 1.50. The zero-order valence-corrected chi connectivity index (χ0v) is 24.8. The average molecular weight is 631 g/mol. The van der Waals surface area contributed by atoms with Crippen LogP contribution in [0.5, 0.6) is 0 Å². The van der Waals surface area contributed by atoms with E-state index >= 15 is 0 Å². The topological polar surface area (TPSA) is 124 Å². The molecule has 2 aromatic rings. The molecular weight excluding hydrogens is 597 g/mol. The van der Waals surface area contributed by atoms with Crippen molar-refractivity contribution in [2.24, 2.45) is 0 Å². The summed E-state index contributed by atoms with van der Waals surface area (Å²) in [7, 11) is -5.60. The monoisotopic (exact) mass is 630 g/mol. The molecule has 230 valence electrons. The van der Waals surface area contributed by atoms with E-state index < -0.39 is 53.5 Å². The van der Waals surface area contributed by atoms with Crippen LogP contribution in [0.2, 0.25) is 0 Å². The number of sulfonamides is 1. The van der Waals surface area contributed by atoms with Crippen LogP contribution < -0.4 is 4.72 Å². The van der Waals surface area contributed by atoms with Crippen LogP contribution in [-0.4, -0.2) is 95.7 Å². The van der Waals surface area contributed by atoms with Gasteiger partial charge in [-0.25, -0.2) is 21.6 Å². The first-order valence-electron chi connectivity index (χ1n) is 13.4. The molecule has 4 rings (SSSR count). The van der Waals surface area contributed by atoms with Gasteiger partial charge in [0.1, 0.15) is 6.04 Å². The number of carbonyl (C=O) groups is 2. The number of amides is 2. The molecule has 2 aliphatic heterocycles. The molecule has 1 atom stereocenters. The quantitative estimate of drug-likeness (QED) is 0.475. The number of likely N-dealkylation sites (tertiary alicyclic amines) is 2. The summed E-state index contributed by atoms with van der Waals surface area (Å²) in [5.41, 5.74) is -1.49. The normalized spacial score (nSPS) is 19.0. The highest BCUT2D eigenvalue weighted by Crippen LogP contribution is 2.36. The fourth-order valence-corrected chi connectivity index (χ4v) is 8.20. The van der Waals surface area contributed by atoms with Crippen molar-refractivity contribution in [2.45, 2.75) is 58.6 Å². The highest BCUT2D eigenvalue weighted by atomic mass is 32.2. The number of nitrogens with one attached hydrogen (secondary N) is 1. The van der Waals surface area contributed by atoms with E-state index in [1.165, 1.54) is 24.3 Å². The van der Waals surface area contributed by atoms with Gasteiger partial charge in [-0.1, -0.05) is 18.2 Å². The van der Waals surface area contributed by atoms with Gasteiger partial charge in [0.15, 0.2) is 0 Å². The number of halogens is 3. The molecule has 2 fully saturated rings. The molecule has 2 aromatic carbocycles. The van der Waals surface area contributed by atoms with Crippen LogP contribution in [0.3, 0.4) is 0 Å². The summed E-state index contributed by atoms with van der Waals surface area (Å²) < 4.78 is 96.4. The van der Waals surface area contributed by atoms with Gasteiger partial charge in [-0.3, -0.25) is 9.59 Å². The van der Waals surface area contributed by atoms with Gasteiger partial charge in [0.2, 0.25) is 31.7 Å². The van der Waals surface area contributed by atoms with Crippen molar-refractivity contribution in [3.63, 3.8) is 0 Å². The Bertz CT molecular complexity index is 1520. The number of alkyl halides is 3. The number of likely N-dealkylation sites (N-methyl/N-ethyl adjacent to an activating group) is 1. The van der Waals surface area contributed by atoms with Crippen LogP contribution in [0.1, 0.15) is 31.2 Å². The number of carbonyl (C=O) groups excluding carboxylic acids is 2. The van der Waals surface area contributed by atoms with Crippen LogP contribution in [-0.2, 0) is 35.6 Å². The molecule has 0 unspecified atom stereocenters. The number of piperidine rings is 1. The summed E-state index contributed by atoms with van der Waals surface area (Å²) in [6.07, 6.45) is -3.59. The van der Waals surface area contributed by atoms with E-state index in [0.29, 0.717) is 31.5 Å². The van der Waals surface area contributed by atoms with Crippen molar-refractivity contribution in [1.82, 2.24) is 19.4 Å². The van der Waals surface area contributed by atoms with Gasteiger partial charge in [-0.2, -0.15) is 13.2 Å². The third-order valence-electron chi connectivity index (χ3n) is 7.35. The van der Waals surface area contributed by atoms with Crippen LogP contribution in [0.4, 0.5) is 13.2 Å². The molecule has 2 aliphatic rings. The minimum absolute atomic E-state index is 0.132. The zero-order valence-electron chi connectivity index (χ0n) is 23.2. The summed E-state index contributed by atoms with van der Waals surface area (Å²) in [5.74, 6) is -0.394. The average Bonchev–Trinajstić information content (AvgIpc) is 3.42. The Morgan fingerprint density at radius 3 is 2.17 bits per heavy atom. The highest BCUT2D eigenvalue weighted by molar-refractivity contribution is 7.91. The van der Waals surface area contributed by atoms with Gasteiger partial charge in [-0.15, -0.1) is 0 Å². The smallest absolute Gasteiger partial charge is 0.341 e. The second kappa shape index (κ2) is 12.3. The summed E-state index contributed by atoms with van der Waals surface area (Å²) in [6, 6.07) is 7.32. The SMILES string of the molecule is CN(C)CC(=O)N1CCC[C@H]1C(=O)N1CCC(NS(=O)(=O)c2cc(S(=O)(=O)c3ccccc3)ccc2C(F)(F)F)CC1. The van der Waals surface area contributed by atoms with Gasteiger partial charge in [-0.05, 0) is 70.1 Å². The molecule has 2 saturated heterocycles. The van der Waals surface area contributed by atoms with E-state index in [0.717, 1.165) is 6.07 Å². The van der Waals surface area contributed by atoms with Gasteiger partial charge in [0.05, 0.1) is 26.8 Å². The molecule has 0 radical (unpaired) electrons. The van der Waals surface area contributed by atoms with E-state index in [1.54, 1.807) is 34.9 Å². The molecule has 0 aliphatic carbocycles. The molecular formula is C27H33F3N4O6S2. The summed E-state index contributed by atoms with van der Waals surface area (Å²) in [6.45, 7) is 0.931. The first kappa shape index (κ1) is 31.9. The molecule has 0 bridgehead atoms. The standard InChI is InChI=1S/C27H33F3N4O6S2/c1-32(2)18-25(35)34-14-6-9-23(34)26(36)33-15-12-19(13-16-33)31-42(39,40)24-17-21(10-11-22(24)27(28,29)30)41(37,38)20-7-4-3-5-8-20/h3-5,7-8,10-11,17,19,23,31H,6,9,12-16,18H2,1-2H3/t23-/m0/s1. The molecule has 10 nitrogen and oxygen atoms in total. The van der Waals surface area contributed by atoms with Gasteiger partial charge in [0.25, 0.3) is 0 Å². The Hall–Kier alpha value is -3.01. The van der Waals surface area contributed by atoms with Crippen molar-refractivity contribution in [3.8, 4) is 0 Å². The first-order chi connectivity index (χ1) is 19.6. The second-order valence-electron chi connectivity index (χ2n) is 10.7. The van der Waals surface area contributed by atoms with Crippen LogP contribution in [0.15, 0.2) is 63.2 Å². The minimum atomic E-state index is -5.06. The van der Waals surface area contributed by atoms with E-state index in [4.69, 9.17) is 0 Å². The first-order valence-corrected chi connectivity index (χ1v) is 16.3. The Morgan fingerprint density at radius 1 is 0.929 bits per heavy atom. The van der Waals surface area contributed by atoms with Gasteiger partial charge >= 0.3 is 6.18 Å². The molecule has 2 heterocycles. The van der Waals surface area contributed by atoms with Crippen molar-refractivity contribution in [1.29, 1.82) is 0 Å². The Kier molecular flexibility index (Phi) is 9.35. The van der Waals surface area contributed by atoms with Crippen molar-refractivity contribution >= 4 is 31.7 Å². The minimum Gasteiger partial charge on any atom is -0.341 e. The number of hydrogen-bond donors (Lipinski definition) is 1. The van der Waals surface area contributed by atoms with Crippen molar-refractivity contribution < 1.29 is 39.6 Å².